The first-order valence-corrected chi connectivity index (χ1v) is 9.84. The Labute approximate surface area is 155 Å². The summed E-state index contributed by atoms with van der Waals surface area (Å²) in [5, 5.41) is 11.4. The lowest BCUT2D eigenvalue weighted by Gasteiger charge is -2.18. The van der Waals surface area contributed by atoms with Crippen molar-refractivity contribution in [3.05, 3.63) is 40.4 Å². The van der Waals surface area contributed by atoms with Crippen molar-refractivity contribution in [1.82, 2.24) is 24.3 Å². The van der Waals surface area contributed by atoms with Crippen LogP contribution in [0.1, 0.15) is 32.4 Å². The lowest BCUT2D eigenvalue weighted by molar-refractivity contribution is 0.0738. The zero-order valence-electron chi connectivity index (χ0n) is 15.0. The molecule has 1 aliphatic carbocycles. The minimum absolute atomic E-state index is 0.102. The minimum atomic E-state index is -1.07. The molecule has 1 N–H and O–H groups in total. The summed E-state index contributed by atoms with van der Waals surface area (Å²) >= 11 is 1.43. The standard InChI is InChI=1S/C18H21N5O2S/c1-18(2,25)13-5-4-6-14(20-13)23-15-12(9-19-17(21-15)26-3)16(24)22(23)10-11-7-8-11/h4-6,9,11,25H,7-8,10H2,1-3H3. The van der Waals surface area contributed by atoms with Crippen molar-refractivity contribution in [2.45, 2.75) is 44.0 Å². The Kier molecular flexibility index (Phi) is 4.11. The number of hydrogen-bond donors (Lipinski definition) is 1. The molecule has 3 heterocycles. The van der Waals surface area contributed by atoms with E-state index in [1.165, 1.54) is 11.8 Å². The average molecular weight is 371 g/mol. The molecule has 0 radical (unpaired) electrons. The molecule has 0 saturated heterocycles. The van der Waals surface area contributed by atoms with Gasteiger partial charge in [0, 0.05) is 12.7 Å². The molecule has 1 saturated carbocycles. The summed E-state index contributed by atoms with van der Waals surface area (Å²) in [4.78, 5) is 26.4. The highest BCUT2D eigenvalue weighted by Gasteiger charge is 2.27. The number of fused-ring (bicyclic) bond motifs is 1. The van der Waals surface area contributed by atoms with Crippen molar-refractivity contribution in [1.29, 1.82) is 0 Å². The highest BCUT2D eigenvalue weighted by molar-refractivity contribution is 7.98. The fourth-order valence-corrected chi connectivity index (χ4v) is 3.27. The van der Waals surface area contributed by atoms with Gasteiger partial charge in [-0.15, -0.1) is 0 Å². The summed E-state index contributed by atoms with van der Waals surface area (Å²) < 4.78 is 3.48. The minimum Gasteiger partial charge on any atom is -0.384 e. The van der Waals surface area contributed by atoms with Crippen molar-refractivity contribution in [2.75, 3.05) is 6.26 Å². The lowest BCUT2D eigenvalue weighted by Crippen LogP contribution is -2.25. The molecule has 0 atom stereocenters. The molecular formula is C18H21N5O2S. The molecule has 26 heavy (non-hydrogen) atoms. The molecule has 7 nitrogen and oxygen atoms in total. The Morgan fingerprint density at radius 3 is 2.73 bits per heavy atom. The van der Waals surface area contributed by atoms with Crippen LogP contribution in [0, 0.1) is 5.92 Å². The van der Waals surface area contributed by atoms with E-state index in [1.54, 1.807) is 35.5 Å². The van der Waals surface area contributed by atoms with Crippen LogP contribution in [0.2, 0.25) is 0 Å². The van der Waals surface area contributed by atoms with Gasteiger partial charge < -0.3 is 5.11 Å². The highest BCUT2D eigenvalue weighted by atomic mass is 32.2. The van der Waals surface area contributed by atoms with Gasteiger partial charge in [0.15, 0.2) is 16.6 Å². The monoisotopic (exact) mass is 371 g/mol. The maximum Gasteiger partial charge on any atom is 0.278 e. The van der Waals surface area contributed by atoms with Gasteiger partial charge in [-0.1, -0.05) is 17.8 Å². The summed E-state index contributed by atoms with van der Waals surface area (Å²) in [5.74, 6) is 1.09. The van der Waals surface area contributed by atoms with Gasteiger partial charge in [0.2, 0.25) is 0 Å². The molecule has 8 heteroatoms. The van der Waals surface area contributed by atoms with Crippen molar-refractivity contribution in [3.8, 4) is 5.82 Å². The van der Waals surface area contributed by atoms with Crippen molar-refractivity contribution < 1.29 is 5.11 Å². The van der Waals surface area contributed by atoms with Gasteiger partial charge in [-0.2, -0.15) is 0 Å². The third-order valence-corrected chi connectivity index (χ3v) is 5.10. The summed E-state index contributed by atoms with van der Waals surface area (Å²) in [6, 6.07) is 5.45. The zero-order valence-corrected chi connectivity index (χ0v) is 15.8. The molecule has 0 spiro atoms. The summed E-state index contributed by atoms with van der Waals surface area (Å²) in [7, 11) is 0. The van der Waals surface area contributed by atoms with E-state index in [-0.39, 0.29) is 5.56 Å². The van der Waals surface area contributed by atoms with E-state index in [0.717, 1.165) is 12.8 Å². The van der Waals surface area contributed by atoms with Gasteiger partial charge in [0.05, 0.1) is 5.69 Å². The number of thioether (sulfide) groups is 1. The fraction of sp³-hybridized carbons (Fsp3) is 0.444. The van der Waals surface area contributed by atoms with E-state index in [9.17, 15) is 9.90 Å². The van der Waals surface area contributed by atoms with Gasteiger partial charge in [0.25, 0.3) is 5.56 Å². The molecular weight excluding hydrogens is 350 g/mol. The quantitative estimate of drug-likeness (QED) is 0.547. The van der Waals surface area contributed by atoms with Crippen LogP contribution >= 0.6 is 11.8 Å². The second-order valence-electron chi connectivity index (χ2n) is 7.18. The molecule has 4 rings (SSSR count). The summed E-state index contributed by atoms with van der Waals surface area (Å²) in [5.41, 5.74) is -0.0770. The topological polar surface area (TPSA) is 85.8 Å². The Morgan fingerprint density at radius 1 is 1.31 bits per heavy atom. The van der Waals surface area contributed by atoms with Crippen LogP contribution in [0.3, 0.4) is 0 Å². The lowest BCUT2D eigenvalue weighted by atomic mass is 10.1. The fourth-order valence-electron chi connectivity index (χ4n) is 2.94. The van der Waals surface area contributed by atoms with Gasteiger partial charge in [0.1, 0.15) is 11.0 Å². The Morgan fingerprint density at radius 2 is 2.08 bits per heavy atom. The normalized spacial score (nSPS) is 14.9. The zero-order chi connectivity index (χ0) is 18.5. The molecule has 136 valence electrons. The maximum absolute atomic E-state index is 12.9. The molecule has 0 unspecified atom stereocenters. The number of aliphatic hydroxyl groups is 1. The average Bonchev–Trinajstić information content (AvgIpc) is 3.39. The second kappa shape index (κ2) is 6.21. The highest BCUT2D eigenvalue weighted by Crippen LogP contribution is 2.31. The van der Waals surface area contributed by atoms with Gasteiger partial charge in [-0.3, -0.25) is 4.79 Å². The predicted molar refractivity (Wildman–Crippen MR) is 101 cm³/mol. The Balaban J connectivity index is 1.99. The molecule has 0 aliphatic heterocycles. The SMILES string of the molecule is CSc1ncc2c(=O)n(CC3CC3)n(-c3cccc(C(C)(C)O)n3)c2n1. The van der Waals surface area contributed by atoms with Gasteiger partial charge in [-0.25, -0.2) is 24.3 Å². The summed E-state index contributed by atoms with van der Waals surface area (Å²) in [6.45, 7) is 4.02. The first-order valence-electron chi connectivity index (χ1n) is 8.61. The van der Waals surface area contributed by atoms with Crippen LogP contribution in [0.4, 0.5) is 0 Å². The molecule has 1 fully saturated rings. The van der Waals surface area contributed by atoms with E-state index in [4.69, 9.17) is 0 Å². The Bertz CT molecular complexity index is 1030. The molecule has 3 aromatic heterocycles. The van der Waals surface area contributed by atoms with Crippen LogP contribution in [0.25, 0.3) is 16.9 Å². The Hall–Kier alpha value is -2.19. The largest absolute Gasteiger partial charge is 0.384 e. The number of aromatic nitrogens is 5. The number of rotatable bonds is 5. The molecule has 0 aromatic carbocycles. The first kappa shape index (κ1) is 17.2. The van der Waals surface area contributed by atoms with E-state index < -0.39 is 5.60 Å². The molecule has 0 amide bonds. The van der Waals surface area contributed by atoms with Crippen LogP contribution in [-0.4, -0.2) is 35.7 Å². The number of pyridine rings is 1. The third-order valence-electron chi connectivity index (χ3n) is 4.54. The third kappa shape index (κ3) is 3.03. The van der Waals surface area contributed by atoms with Crippen LogP contribution in [0.15, 0.2) is 34.3 Å². The van der Waals surface area contributed by atoms with Crippen LogP contribution in [-0.2, 0) is 12.1 Å². The smallest absolute Gasteiger partial charge is 0.278 e. The van der Waals surface area contributed by atoms with Gasteiger partial charge in [-0.05, 0) is 51.0 Å². The molecule has 3 aromatic rings. The van der Waals surface area contributed by atoms with Crippen LogP contribution in [0.5, 0.6) is 0 Å². The molecule has 1 aliphatic rings. The molecule has 0 bridgehead atoms. The van der Waals surface area contributed by atoms with Crippen molar-refractivity contribution in [2.24, 2.45) is 5.92 Å². The van der Waals surface area contributed by atoms with E-state index in [2.05, 4.69) is 15.0 Å². The number of hydrogen-bond acceptors (Lipinski definition) is 6. The van der Waals surface area contributed by atoms with Crippen molar-refractivity contribution in [3.63, 3.8) is 0 Å². The van der Waals surface area contributed by atoms with E-state index in [0.29, 0.717) is 40.2 Å². The van der Waals surface area contributed by atoms with E-state index in [1.807, 2.05) is 18.4 Å². The second-order valence-corrected chi connectivity index (χ2v) is 7.95. The summed E-state index contributed by atoms with van der Waals surface area (Å²) in [6.07, 6.45) is 5.76. The van der Waals surface area contributed by atoms with Crippen molar-refractivity contribution >= 4 is 22.8 Å². The van der Waals surface area contributed by atoms with Crippen LogP contribution < -0.4 is 5.56 Å². The van der Waals surface area contributed by atoms with Gasteiger partial charge >= 0.3 is 0 Å². The maximum atomic E-state index is 12.9. The van der Waals surface area contributed by atoms with E-state index >= 15 is 0 Å². The number of nitrogens with zero attached hydrogens (tertiary/aromatic N) is 5. The predicted octanol–water partition coefficient (Wildman–Crippen LogP) is 2.34. The first-order chi connectivity index (χ1) is 12.4.